The third kappa shape index (κ3) is 3.53. The highest BCUT2D eigenvalue weighted by molar-refractivity contribution is 6.30. The van der Waals surface area contributed by atoms with Crippen molar-refractivity contribution in [2.24, 2.45) is 5.73 Å². The minimum Gasteiger partial charge on any atom is -0.341 e. The molecule has 0 radical (unpaired) electrons. The van der Waals surface area contributed by atoms with Gasteiger partial charge in [-0.1, -0.05) is 49.2 Å². The van der Waals surface area contributed by atoms with Crippen molar-refractivity contribution in [3.05, 3.63) is 59.1 Å². The smallest absolute Gasteiger partial charge is 0.0471 e. The first-order chi connectivity index (χ1) is 9.76. The molecule has 2 rings (SSSR count). The lowest BCUT2D eigenvalue weighted by Gasteiger charge is -2.27. The second-order valence-electron chi connectivity index (χ2n) is 4.82. The Hall–Kier alpha value is -1.51. The fourth-order valence-electron chi connectivity index (χ4n) is 2.27. The number of anilines is 2. The van der Waals surface area contributed by atoms with E-state index in [0.717, 1.165) is 35.7 Å². The molecule has 0 spiro atoms. The summed E-state index contributed by atoms with van der Waals surface area (Å²) >= 11 is 6.17. The number of unbranched alkanes of at least 4 members (excludes halogenated alkanes) is 1. The van der Waals surface area contributed by atoms with Crippen LogP contribution in [0.15, 0.2) is 48.5 Å². The molecule has 0 atom stereocenters. The fourth-order valence-corrected chi connectivity index (χ4v) is 2.44. The van der Waals surface area contributed by atoms with E-state index in [1.54, 1.807) is 0 Å². The van der Waals surface area contributed by atoms with Crippen LogP contribution in [-0.4, -0.2) is 6.54 Å². The Morgan fingerprint density at radius 3 is 2.50 bits per heavy atom. The van der Waals surface area contributed by atoms with E-state index in [4.69, 9.17) is 17.3 Å². The standard InChI is InChI=1S/C17H21ClN2/c1-2-3-11-20(16-7-5-4-6-8-16)17-12-15(18)10-9-14(17)13-19/h4-10,12H,2-3,11,13,19H2,1H3. The zero-order valence-electron chi connectivity index (χ0n) is 11.8. The van der Waals surface area contributed by atoms with Crippen molar-refractivity contribution in [3.8, 4) is 0 Å². The number of hydrogen-bond donors (Lipinski definition) is 1. The van der Waals surface area contributed by atoms with Gasteiger partial charge in [-0.05, 0) is 36.2 Å². The van der Waals surface area contributed by atoms with Crippen molar-refractivity contribution in [2.45, 2.75) is 26.3 Å². The Morgan fingerprint density at radius 1 is 1.10 bits per heavy atom. The maximum absolute atomic E-state index is 6.17. The predicted octanol–water partition coefficient (Wildman–Crippen LogP) is 4.74. The van der Waals surface area contributed by atoms with Crippen LogP contribution in [0.1, 0.15) is 25.3 Å². The van der Waals surface area contributed by atoms with Gasteiger partial charge < -0.3 is 10.6 Å². The van der Waals surface area contributed by atoms with E-state index in [1.807, 2.05) is 24.3 Å². The minimum atomic E-state index is 0.516. The number of para-hydroxylation sites is 1. The molecule has 0 aromatic heterocycles. The lowest BCUT2D eigenvalue weighted by Crippen LogP contribution is -2.20. The van der Waals surface area contributed by atoms with Crippen molar-refractivity contribution < 1.29 is 0 Å². The van der Waals surface area contributed by atoms with Crippen molar-refractivity contribution in [3.63, 3.8) is 0 Å². The Balaban J connectivity index is 2.43. The summed E-state index contributed by atoms with van der Waals surface area (Å²) in [5.74, 6) is 0. The van der Waals surface area contributed by atoms with E-state index >= 15 is 0 Å². The number of hydrogen-bond acceptors (Lipinski definition) is 2. The van der Waals surface area contributed by atoms with Gasteiger partial charge in [0.2, 0.25) is 0 Å². The maximum atomic E-state index is 6.17. The molecule has 3 heteroatoms. The first kappa shape index (κ1) is 14.9. The molecule has 2 aromatic carbocycles. The summed E-state index contributed by atoms with van der Waals surface area (Å²) < 4.78 is 0. The first-order valence-corrected chi connectivity index (χ1v) is 7.45. The quantitative estimate of drug-likeness (QED) is 0.832. The molecule has 0 aliphatic carbocycles. The largest absolute Gasteiger partial charge is 0.341 e. The highest BCUT2D eigenvalue weighted by Crippen LogP contribution is 2.31. The second-order valence-corrected chi connectivity index (χ2v) is 5.25. The summed E-state index contributed by atoms with van der Waals surface area (Å²) in [5.41, 5.74) is 9.28. The van der Waals surface area contributed by atoms with Crippen LogP contribution in [0.2, 0.25) is 5.02 Å². The minimum absolute atomic E-state index is 0.516. The first-order valence-electron chi connectivity index (χ1n) is 7.07. The average molecular weight is 289 g/mol. The molecule has 106 valence electrons. The second kappa shape index (κ2) is 7.32. The summed E-state index contributed by atoms with van der Waals surface area (Å²) in [6, 6.07) is 16.3. The van der Waals surface area contributed by atoms with Gasteiger partial charge in [0, 0.05) is 29.5 Å². The Kier molecular flexibility index (Phi) is 5.45. The van der Waals surface area contributed by atoms with Gasteiger partial charge in [-0.15, -0.1) is 0 Å². The molecular weight excluding hydrogens is 268 g/mol. The molecule has 0 fully saturated rings. The molecule has 0 heterocycles. The molecule has 2 aromatic rings. The van der Waals surface area contributed by atoms with Crippen molar-refractivity contribution in [1.82, 2.24) is 0 Å². The third-order valence-electron chi connectivity index (χ3n) is 3.36. The maximum Gasteiger partial charge on any atom is 0.0471 e. The highest BCUT2D eigenvalue weighted by Gasteiger charge is 2.12. The molecule has 2 N–H and O–H groups in total. The van der Waals surface area contributed by atoms with Gasteiger partial charge in [-0.3, -0.25) is 0 Å². The zero-order chi connectivity index (χ0) is 14.4. The molecule has 0 aliphatic rings. The van der Waals surface area contributed by atoms with Crippen LogP contribution in [0.5, 0.6) is 0 Å². The predicted molar refractivity (Wildman–Crippen MR) is 87.7 cm³/mol. The van der Waals surface area contributed by atoms with Crippen LogP contribution in [0.4, 0.5) is 11.4 Å². The van der Waals surface area contributed by atoms with Crippen LogP contribution in [0, 0.1) is 0 Å². The molecule has 0 amide bonds. The molecule has 2 nitrogen and oxygen atoms in total. The van der Waals surface area contributed by atoms with Gasteiger partial charge in [0.25, 0.3) is 0 Å². The van der Waals surface area contributed by atoms with Crippen molar-refractivity contribution >= 4 is 23.0 Å². The number of halogens is 1. The van der Waals surface area contributed by atoms with E-state index in [2.05, 4.69) is 36.1 Å². The van der Waals surface area contributed by atoms with Gasteiger partial charge in [-0.25, -0.2) is 0 Å². The van der Waals surface area contributed by atoms with Crippen LogP contribution in [0.3, 0.4) is 0 Å². The van der Waals surface area contributed by atoms with Gasteiger partial charge in [-0.2, -0.15) is 0 Å². The lowest BCUT2D eigenvalue weighted by atomic mass is 10.1. The number of nitrogens with two attached hydrogens (primary N) is 1. The van der Waals surface area contributed by atoms with Gasteiger partial charge in [0.1, 0.15) is 0 Å². The summed E-state index contributed by atoms with van der Waals surface area (Å²) in [6.07, 6.45) is 2.28. The van der Waals surface area contributed by atoms with Crippen LogP contribution in [-0.2, 0) is 6.54 Å². The summed E-state index contributed by atoms with van der Waals surface area (Å²) in [7, 11) is 0. The van der Waals surface area contributed by atoms with E-state index in [1.165, 1.54) is 5.69 Å². The highest BCUT2D eigenvalue weighted by atomic mass is 35.5. The van der Waals surface area contributed by atoms with Gasteiger partial charge >= 0.3 is 0 Å². The normalized spacial score (nSPS) is 10.6. The van der Waals surface area contributed by atoms with Gasteiger partial charge in [0.05, 0.1) is 0 Å². The number of nitrogens with zero attached hydrogens (tertiary/aromatic N) is 1. The van der Waals surface area contributed by atoms with E-state index in [0.29, 0.717) is 6.54 Å². The van der Waals surface area contributed by atoms with Crippen LogP contribution >= 0.6 is 11.6 Å². The van der Waals surface area contributed by atoms with Gasteiger partial charge in [0.15, 0.2) is 0 Å². The topological polar surface area (TPSA) is 29.3 Å². The Bertz CT molecular complexity index is 540. The number of benzene rings is 2. The molecule has 20 heavy (non-hydrogen) atoms. The fraction of sp³-hybridized carbons (Fsp3) is 0.294. The summed E-state index contributed by atoms with van der Waals surface area (Å²) in [5, 5.41) is 0.745. The van der Waals surface area contributed by atoms with E-state index < -0.39 is 0 Å². The molecule has 0 aliphatic heterocycles. The van der Waals surface area contributed by atoms with Crippen molar-refractivity contribution in [2.75, 3.05) is 11.4 Å². The molecule has 0 bridgehead atoms. The monoisotopic (exact) mass is 288 g/mol. The molecular formula is C17H21ClN2. The Labute approximate surface area is 126 Å². The number of rotatable bonds is 6. The van der Waals surface area contributed by atoms with Crippen LogP contribution in [0.25, 0.3) is 0 Å². The SMILES string of the molecule is CCCCN(c1ccccc1)c1cc(Cl)ccc1CN. The summed E-state index contributed by atoms with van der Waals surface area (Å²) in [6.45, 7) is 3.68. The van der Waals surface area contributed by atoms with Crippen LogP contribution < -0.4 is 10.6 Å². The summed E-state index contributed by atoms with van der Waals surface area (Å²) in [4.78, 5) is 2.30. The Morgan fingerprint density at radius 2 is 1.85 bits per heavy atom. The molecule has 0 unspecified atom stereocenters. The molecule has 0 saturated carbocycles. The average Bonchev–Trinajstić information content (AvgIpc) is 2.49. The van der Waals surface area contributed by atoms with E-state index in [9.17, 15) is 0 Å². The third-order valence-corrected chi connectivity index (χ3v) is 3.60. The molecule has 0 saturated heterocycles. The lowest BCUT2D eigenvalue weighted by molar-refractivity contribution is 0.782. The zero-order valence-corrected chi connectivity index (χ0v) is 12.6. The van der Waals surface area contributed by atoms with E-state index in [-0.39, 0.29) is 0 Å². The van der Waals surface area contributed by atoms with Crippen molar-refractivity contribution in [1.29, 1.82) is 0 Å².